The van der Waals surface area contributed by atoms with Crippen molar-refractivity contribution >= 4 is 28.7 Å². The first kappa shape index (κ1) is 8.27. The van der Waals surface area contributed by atoms with E-state index in [9.17, 15) is 4.79 Å². The minimum atomic E-state index is 0.379. The lowest BCUT2D eigenvalue weighted by Crippen LogP contribution is -1.91. The Hall–Kier alpha value is -0.340. The van der Waals surface area contributed by atoms with Gasteiger partial charge in [0.1, 0.15) is 5.78 Å². The maximum absolute atomic E-state index is 11.0. The first-order valence-corrected chi connectivity index (χ1v) is 5.27. The van der Waals surface area contributed by atoms with E-state index < -0.39 is 0 Å². The van der Waals surface area contributed by atoms with Gasteiger partial charge in [0.05, 0.1) is 5.02 Å². The Morgan fingerprint density at radius 2 is 2.42 bits per heavy atom. The van der Waals surface area contributed by atoms with Crippen molar-refractivity contribution in [3.05, 3.63) is 21.3 Å². The summed E-state index contributed by atoms with van der Waals surface area (Å²) in [7, 11) is 0. The third-order valence-electron chi connectivity index (χ3n) is 2.26. The van der Waals surface area contributed by atoms with Crippen LogP contribution in [0.5, 0.6) is 0 Å². The molecule has 2 rings (SSSR count). The van der Waals surface area contributed by atoms with Gasteiger partial charge in [-0.1, -0.05) is 11.6 Å². The van der Waals surface area contributed by atoms with E-state index >= 15 is 0 Å². The van der Waals surface area contributed by atoms with Gasteiger partial charge in [-0.3, -0.25) is 4.79 Å². The molecule has 0 spiro atoms. The van der Waals surface area contributed by atoms with E-state index in [2.05, 4.69) is 0 Å². The summed E-state index contributed by atoms with van der Waals surface area (Å²) >= 11 is 7.63. The molecule has 1 fully saturated rings. The number of carbonyl (C=O) groups excluding carboxylic acids is 1. The minimum absolute atomic E-state index is 0.379. The molecule has 0 radical (unpaired) electrons. The highest BCUT2D eigenvalue weighted by molar-refractivity contribution is 7.10. The number of halogens is 1. The van der Waals surface area contributed by atoms with E-state index in [1.165, 1.54) is 4.88 Å². The second-order valence-electron chi connectivity index (χ2n) is 3.11. The fraction of sp³-hybridized carbons (Fsp3) is 0.444. The molecule has 1 unspecified atom stereocenters. The van der Waals surface area contributed by atoms with Crippen LogP contribution in [0.3, 0.4) is 0 Å². The molecule has 3 heteroatoms. The maximum Gasteiger partial charge on any atom is 0.133 e. The lowest BCUT2D eigenvalue weighted by Gasteiger charge is -2.04. The van der Waals surface area contributed by atoms with Crippen LogP contribution < -0.4 is 0 Å². The van der Waals surface area contributed by atoms with Gasteiger partial charge < -0.3 is 0 Å². The number of hydrogen-bond donors (Lipinski definition) is 0. The van der Waals surface area contributed by atoms with Crippen LogP contribution in [0.25, 0.3) is 0 Å². The van der Waals surface area contributed by atoms with Crippen LogP contribution in [0, 0.1) is 0 Å². The quantitative estimate of drug-likeness (QED) is 0.680. The van der Waals surface area contributed by atoms with Crippen molar-refractivity contribution in [3.8, 4) is 0 Å². The molecule has 64 valence electrons. The molecular formula is C9H9ClOS. The molecular weight excluding hydrogens is 192 g/mol. The number of ketones is 1. The molecule has 0 bridgehead atoms. The van der Waals surface area contributed by atoms with E-state index in [-0.39, 0.29) is 0 Å². The van der Waals surface area contributed by atoms with Gasteiger partial charge in [0.15, 0.2) is 0 Å². The maximum atomic E-state index is 11.0. The Morgan fingerprint density at radius 3 is 2.92 bits per heavy atom. The molecule has 1 nitrogen and oxygen atoms in total. The van der Waals surface area contributed by atoms with Gasteiger partial charge in [0.25, 0.3) is 0 Å². The van der Waals surface area contributed by atoms with Crippen LogP contribution in [0.1, 0.15) is 30.1 Å². The summed E-state index contributed by atoms with van der Waals surface area (Å²) in [6, 6.07) is 1.91. The molecule has 1 aromatic rings. The molecule has 0 N–H and O–H groups in total. The van der Waals surface area contributed by atoms with Crippen molar-refractivity contribution < 1.29 is 4.79 Å². The third-order valence-corrected chi connectivity index (χ3v) is 3.78. The van der Waals surface area contributed by atoms with Crippen LogP contribution in [0.2, 0.25) is 5.02 Å². The van der Waals surface area contributed by atoms with Gasteiger partial charge in [0, 0.05) is 23.6 Å². The molecule has 1 aliphatic rings. The van der Waals surface area contributed by atoms with E-state index in [0.717, 1.165) is 17.9 Å². The average Bonchev–Trinajstić information content (AvgIpc) is 2.58. The second kappa shape index (κ2) is 3.19. The summed E-state index contributed by atoms with van der Waals surface area (Å²) in [5, 5.41) is 2.82. The van der Waals surface area contributed by atoms with Crippen molar-refractivity contribution in [3.63, 3.8) is 0 Å². The van der Waals surface area contributed by atoms with Crippen LogP contribution in [-0.2, 0) is 4.79 Å². The van der Waals surface area contributed by atoms with Crippen molar-refractivity contribution in [2.45, 2.75) is 25.2 Å². The third kappa shape index (κ3) is 1.41. The number of hydrogen-bond acceptors (Lipinski definition) is 2. The van der Waals surface area contributed by atoms with Crippen molar-refractivity contribution in [1.29, 1.82) is 0 Å². The molecule has 0 saturated heterocycles. The standard InChI is InChI=1S/C9H9ClOS/c10-8-3-4-12-9(8)6-1-2-7(11)5-6/h3-4,6H,1-2,5H2. The second-order valence-corrected chi connectivity index (χ2v) is 4.47. The number of Topliss-reactive ketones (excluding diaryl/α,β-unsaturated/α-hetero) is 1. The van der Waals surface area contributed by atoms with E-state index in [0.29, 0.717) is 18.1 Å². The molecule has 1 heterocycles. The number of thiophene rings is 1. The molecule has 0 amide bonds. The Kier molecular flexibility index (Phi) is 2.20. The zero-order valence-corrected chi connectivity index (χ0v) is 8.12. The normalized spacial score (nSPS) is 23.4. The molecule has 1 atom stereocenters. The Labute approximate surface area is 80.4 Å². The van der Waals surface area contributed by atoms with Gasteiger partial charge in [-0.25, -0.2) is 0 Å². The van der Waals surface area contributed by atoms with Crippen LogP contribution >= 0.6 is 22.9 Å². The molecule has 1 saturated carbocycles. The average molecular weight is 201 g/mol. The zero-order chi connectivity index (χ0) is 8.55. The monoisotopic (exact) mass is 200 g/mol. The molecule has 1 aliphatic carbocycles. The first-order chi connectivity index (χ1) is 5.77. The fourth-order valence-electron chi connectivity index (χ4n) is 1.63. The van der Waals surface area contributed by atoms with E-state index in [4.69, 9.17) is 11.6 Å². The summed E-state index contributed by atoms with van der Waals surface area (Å²) in [5.74, 6) is 0.787. The molecule has 0 aromatic carbocycles. The van der Waals surface area contributed by atoms with Crippen LogP contribution in [-0.4, -0.2) is 5.78 Å². The SMILES string of the molecule is O=C1CCC(c2sccc2Cl)C1. The van der Waals surface area contributed by atoms with Gasteiger partial charge in [-0.15, -0.1) is 11.3 Å². The molecule has 0 aliphatic heterocycles. The highest BCUT2D eigenvalue weighted by Gasteiger charge is 2.25. The van der Waals surface area contributed by atoms with Crippen LogP contribution in [0.15, 0.2) is 11.4 Å². The van der Waals surface area contributed by atoms with Crippen molar-refractivity contribution in [2.75, 3.05) is 0 Å². The number of rotatable bonds is 1. The summed E-state index contributed by atoms with van der Waals surface area (Å²) in [6.07, 6.45) is 2.41. The summed E-state index contributed by atoms with van der Waals surface area (Å²) in [6.45, 7) is 0. The smallest absolute Gasteiger partial charge is 0.133 e. The van der Waals surface area contributed by atoms with Gasteiger partial charge in [-0.2, -0.15) is 0 Å². The Balaban J connectivity index is 2.21. The molecule has 1 aromatic heterocycles. The zero-order valence-electron chi connectivity index (χ0n) is 6.55. The van der Waals surface area contributed by atoms with Crippen LogP contribution in [0.4, 0.5) is 0 Å². The van der Waals surface area contributed by atoms with Gasteiger partial charge >= 0.3 is 0 Å². The Morgan fingerprint density at radius 1 is 1.58 bits per heavy atom. The summed E-state index contributed by atoms with van der Waals surface area (Å²) in [4.78, 5) is 12.2. The lowest BCUT2D eigenvalue weighted by molar-refractivity contribution is -0.117. The highest BCUT2D eigenvalue weighted by Crippen LogP contribution is 2.38. The highest BCUT2D eigenvalue weighted by atomic mass is 35.5. The lowest BCUT2D eigenvalue weighted by atomic mass is 10.1. The van der Waals surface area contributed by atoms with Gasteiger partial charge in [-0.05, 0) is 17.9 Å². The van der Waals surface area contributed by atoms with E-state index in [1.54, 1.807) is 11.3 Å². The van der Waals surface area contributed by atoms with Crippen molar-refractivity contribution in [2.24, 2.45) is 0 Å². The fourth-order valence-corrected chi connectivity index (χ4v) is 2.99. The topological polar surface area (TPSA) is 17.1 Å². The molecule has 12 heavy (non-hydrogen) atoms. The Bertz CT molecular complexity index is 305. The summed E-state index contributed by atoms with van der Waals surface area (Å²) in [5.41, 5.74) is 0. The van der Waals surface area contributed by atoms with Gasteiger partial charge in [0.2, 0.25) is 0 Å². The largest absolute Gasteiger partial charge is 0.300 e. The minimum Gasteiger partial charge on any atom is -0.300 e. The van der Waals surface area contributed by atoms with E-state index in [1.807, 2.05) is 11.4 Å². The number of carbonyl (C=O) groups is 1. The first-order valence-electron chi connectivity index (χ1n) is 4.02. The summed E-state index contributed by atoms with van der Waals surface area (Å²) < 4.78 is 0. The predicted octanol–water partition coefficient (Wildman–Crippen LogP) is 3.24. The van der Waals surface area contributed by atoms with Crippen molar-refractivity contribution in [1.82, 2.24) is 0 Å². The predicted molar refractivity (Wildman–Crippen MR) is 50.9 cm³/mol.